The zero-order valence-electron chi connectivity index (χ0n) is 16.3. The van der Waals surface area contributed by atoms with Gasteiger partial charge in [0, 0.05) is 49.4 Å². The number of nitrogens with one attached hydrogen (secondary N) is 2. The molecule has 1 aromatic carbocycles. The fourth-order valence-corrected chi connectivity index (χ4v) is 5.13. The van der Waals surface area contributed by atoms with Gasteiger partial charge in [0.2, 0.25) is 0 Å². The number of halogens is 1. The van der Waals surface area contributed by atoms with Crippen molar-refractivity contribution in [2.75, 3.05) is 53.0 Å². The van der Waals surface area contributed by atoms with Crippen LogP contribution in [0.15, 0.2) is 40.2 Å². The molecule has 2 fully saturated rings. The van der Waals surface area contributed by atoms with Gasteiger partial charge in [0.05, 0.1) is 13.2 Å². The third-order valence-corrected chi connectivity index (χ3v) is 6.71. The lowest BCUT2D eigenvalue weighted by atomic mass is 10.1. The lowest BCUT2D eigenvalue weighted by Gasteiger charge is -2.30. The molecule has 3 rings (SSSR count). The van der Waals surface area contributed by atoms with Gasteiger partial charge in [-0.25, -0.2) is 0 Å². The Kier molecular flexibility index (Phi) is 10.2. The number of hydrogen-bond donors (Lipinski definition) is 2. The van der Waals surface area contributed by atoms with Gasteiger partial charge in [0.25, 0.3) is 0 Å². The number of morpholine rings is 1. The molecule has 1 heterocycles. The predicted octanol–water partition coefficient (Wildman–Crippen LogP) is 3.21. The number of aliphatic imine (C=N–C) groups is 1. The first-order chi connectivity index (χ1) is 12.8. The Balaban J connectivity index is 0.00000261. The topological polar surface area (TPSA) is 48.9 Å². The van der Waals surface area contributed by atoms with Crippen LogP contribution < -0.4 is 10.6 Å². The van der Waals surface area contributed by atoms with Crippen LogP contribution in [0.25, 0.3) is 0 Å². The highest BCUT2D eigenvalue weighted by Gasteiger charge is 2.35. The van der Waals surface area contributed by atoms with Gasteiger partial charge in [-0.15, -0.1) is 35.7 Å². The molecule has 5 nitrogen and oxygen atoms in total. The van der Waals surface area contributed by atoms with Gasteiger partial charge in [0.1, 0.15) is 0 Å². The largest absolute Gasteiger partial charge is 0.379 e. The molecule has 1 saturated heterocycles. The van der Waals surface area contributed by atoms with Crippen LogP contribution in [-0.2, 0) is 4.74 Å². The fourth-order valence-electron chi connectivity index (χ4n) is 3.70. The average Bonchev–Trinajstić information content (AvgIpc) is 3.15. The van der Waals surface area contributed by atoms with Crippen molar-refractivity contribution >= 4 is 41.7 Å². The zero-order chi connectivity index (χ0) is 18.1. The Morgan fingerprint density at radius 2 is 1.85 bits per heavy atom. The molecule has 0 unspecified atom stereocenters. The maximum Gasteiger partial charge on any atom is 0.191 e. The molecule has 7 heteroatoms. The normalized spacial score (nSPS) is 20.1. The van der Waals surface area contributed by atoms with Gasteiger partial charge in [-0.1, -0.05) is 31.0 Å². The minimum absolute atomic E-state index is 0. The Hall–Kier alpha value is -0.510. The summed E-state index contributed by atoms with van der Waals surface area (Å²) in [6.45, 7) is 6.68. The van der Waals surface area contributed by atoms with Gasteiger partial charge in [-0.2, -0.15) is 0 Å². The SMILES string of the molecule is CN=C(NCCN1CCOCC1)NCC1(Sc2ccccc2)CCCC1.I. The second kappa shape index (κ2) is 12.1. The van der Waals surface area contributed by atoms with Gasteiger partial charge in [-0.05, 0) is 25.0 Å². The first kappa shape index (κ1) is 22.8. The van der Waals surface area contributed by atoms with E-state index in [9.17, 15) is 0 Å². The van der Waals surface area contributed by atoms with E-state index in [1.165, 1.54) is 30.6 Å². The maximum absolute atomic E-state index is 5.40. The van der Waals surface area contributed by atoms with E-state index < -0.39 is 0 Å². The summed E-state index contributed by atoms with van der Waals surface area (Å²) in [6, 6.07) is 10.8. The van der Waals surface area contributed by atoms with Crippen molar-refractivity contribution in [3.63, 3.8) is 0 Å². The highest BCUT2D eigenvalue weighted by Crippen LogP contribution is 2.44. The number of hydrogen-bond acceptors (Lipinski definition) is 4. The second-order valence-electron chi connectivity index (χ2n) is 7.11. The molecule has 27 heavy (non-hydrogen) atoms. The first-order valence-electron chi connectivity index (χ1n) is 9.78. The van der Waals surface area contributed by atoms with Crippen molar-refractivity contribution in [1.29, 1.82) is 0 Å². The first-order valence-corrected chi connectivity index (χ1v) is 10.6. The lowest BCUT2D eigenvalue weighted by molar-refractivity contribution is 0.0389. The molecular weight excluding hydrogens is 471 g/mol. The van der Waals surface area contributed by atoms with Gasteiger partial charge >= 0.3 is 0 Å². The standard InChI is InChI=1S/C20H32N4OS.HI/c1-21-19(22-11-12-24-13-15-25-16-14-24)23-17-20(9-5-6-10-20)26-18-7-3-2-4-8-18;/h2-4,7-8H,5-6,9-17H2,1H3,(H2,21,22,23);1H. The molecule has 0 amide bonds. The van der Waals surface area contributed by atoms with E-state index in [4.69, 9.17) is 4.74 Å². The van der Waals surface area contributed by atoms with Crippen molar-refractivity contribution in [3.05, 3.63) is 30.3 Å². The van der Waals surface area contributed by atoms with Crippen molar-refractivity contribution in [2.45, 2.75) is 35.3 Å². The fraction of sp³-hybridized carbons (Fsp3) is 0.650. The van der Waals surface area contributed by atoms with E-state index in [2.05, 4.69) is 50.9 Å². The molecule has 0 radical (unpaired) electrons. The summed E-state index contributed by atoms with van der Waals surface area (Å²) in [5.74, 6) is 0.915. The zero-order valence-corrected chi connectivity index (χ0v) is 19.4. The Morgan fingerprint density at radius 1 is 1.15 bits per heavy atom. The summed E-state index contributed by atoms with van der Waals surface area (Å²) in [5, 5.41) is 7.05. The molecular formula is C20H33IN4OS. The number of nitrogens with zero attached hydrogens (tertiary/aromatic N) is 2. The summed E-state index contributed by atoms with van der Waals surface area (Å²) in [4.78, 5) is 8.22. The number of benzene rings is 1. The van der Waals surface area contributed by atoms with Gasteiger partial charge < -0.3 is 15.4 Å². The molecule has 1 aliphatic heterocycles. The van der Waals surface area contributed by atoms with E-state index in [1.807, 2.05) is 18.8 Å². The monoisotopic (exact) mass is 504 g/mol. The predicted molar refractivity (Wildman–Crippen MR) is 126 cm³/mol. The highest BCUT2D eigenvalue weighted by atomic mass is 127. The van der Waals surface area contributed by atoms with Crippen LogP contribution in [0.3, 0.4) is 0 Å². The van der Waals surface area contributed by atoms with E-state index in [1.54, 1.807) is 0 Å². The summed E-state index contributed by atoms with van der Waals surface area (Å²) in [7, 11) is 1.86. The Morgan fingerprint density at radius 3 is 2.52 bits per heavy atom. The smallest absolute Gasteiger partial charge is 0.191 e. The molecule has 2 N–H and O–H groups in total. The molecule has 0 bridgehead atoms. The molecule has 1 saturated carbocycles. The molecule has 152 valence electrons. The maximum atomic E-state index is 5.40. The van der Waals surface area contributed by atoms with Crippen LogP contribution in [0.5, 0.6) is 0 Å². The third kappa shape index (κ3) is 7.44. The van der Waals surface area contributed by atoms with Crippen molar-refractivity contribution in [2.24, 2.45) is 4.99 Å². The molecule has 0 spiro atoms. The summed E-state index contributed by atoms with van der Waals surface area (Å²) >= 11 is 2.03. The van der Waals surface area contributed by atoms with Crippen LogP contribution in [-0.4, -0.2) is 68.6 Å². The molecule has 1 aromatic rings. The quantitative estimate of drug-likeness (QED) is 0.340. The molecule has 2 aliphatic rings. The highest BCUT2D eigenvalue weighted by molar-refractivity contribution is 14.0. The van der Waals surface area contributed by atoms with Crippen molar-refractivity contribution in [1.82, 2.24) is 15.5 Å². The van der Waals surface area contributed by atoms with E-state index in [0.29, 0.717) is 0 Å². The van der Waals surface area contributed by atoms with Crippen LogP contribution in [0.2, 0.25) is 0 Å². The number of ether oxygens (including phenoxy) is 1. The second-order valence-corrected chi connectivity index (χ2v) is 8.65. The van der Waals surface area contributed by atoms with Crippen molar-refractivity contribution < 1.29 is 4.74 Å². The van der Waals surface area contributed by atoms with Crippen LogP contribution in [0.4, 0.5) is 0 Å². The summed E-state index contributed by atoms with van der Waals surface area (Å²) < 4.78 is 5.68. The molecule has 0 aromatic heterocycles. The van der Waals surface area contributed by atoms with Gasteiger partial charge in [0.15, 0.2) is 5.96 Å². The minimum atomic E-state index is 0. The lowest BCUT2D eigenvalue weighted by Crippen LogP contribution is -2.47. The van der Waals surface area contributed by atoms with Crippen LogP contribution in [0, 0.1) is 0 Å². The Bertz CT molecular complexity index is 560. The summed E-state index contributed by atoms with van der Waals surface area (Å²) in [6.07, 6.45) is 5.18. The molecule has 0 atom stereocenters. The number of thioether (sulfide) groups is 1. The van der Waals surface area contributed by atoms with E-state index >= 15 is 0 Å². The average molecular weight is 504 g/mol. The van der Waals surface area contributed by atoms with Crippen LogP contribution in [0.1, 0.15) is 25.7 Å². The van der Waals surface area contributed by atoms with Crippen LogP contribution >= 0.6 is 35.7 Å². The molecule has 1 aliphatic carbocycles. The number of rotatable bonds is 7. The minimum Gasteiger partial charge on any atom is -0.379 e. The van der Waals surface area contributed by atoms with Gasteiger partial charge in [-0.3, -0.25) is 9.89 Å². The Labute approximate surface area is 185 Å². The van der Waals surface area contributed by atoms with E-state index in [0.717, 1.165) is 51.9 Å². The third-order valence-electron chi connectivity index (χ3n) is 5.22. The summed E-state index contributed by atoms with van der Waals surface area (Å²) in [5.41, 5.74) is 0. The van der Waals surface area contributed by atoms with E-state index in [-0.39, 0.29) is 28.7 Å². The number of guanidine groups is 1. The van der Waals surface area contributed by atoms with Crippen molar-refractivity contribution in [3.8, 4) is 0 Å².